The lowest BCUT2D eigenvalue weighted by molar-refractivity contribution is -0.142. The average molecular weight is 282 g/mol. The van der Waals surface area contributed by atoms with Crippen LogP contribution in [0, 0.1) is 0 Å². The van der Waals surface area contributed by atoms with Crippen molar-refractivity contribution in [3.63, 3.8) is 0 Å². The number of pyridine rings is 1. The van der Waals surface area contributed by atoms with Gasteiger partial charge in [-0.2, -0.15) is 0 Å². The van der Waals surface area contributed by atoms with Crippen molar-refractivity contribution in [3.05, 3.63) is 66.0 Å². The summed E-state index contributed by atoms with van der Waals surface area (Å²) in [5, 5.41) is 9.47. The van der Waals surface area contributed by atoms with Crippen LogP contribution in [0.2, 0.25) is 0 Å². The van der Waals surface area contributed by atoms with Gasteiger partial charge in [0.15, 0.2) is 0 Å². The highest BCUT2D eigenvalue weighted by Gasteiger charge is 2.36. The number of aliphatic carboxylic acids is 1. The van der Waals surface area contributed by atoms with Crippen molar-refractivity contribution >= 4 is 5.97 Å². The van der Waals surface area contributed by atoms with Crippen molar-refractivity contribution in [2.24, 2.45) is 0 Å². The zero-order valence-corrected chi connectivity index (χ0v) is 11.7. The molecule has 1 aliphatic heterocycles. The topological polar surface area (TPSA) is 53.4 Å². The van der Waals surface area contributed by atoms with E-state index in [-0.39, 0.29) is 6.04 Å². The largest absolute Gasteiger partial charge is 0.480 e. The molecule has 0 bridgehead atoms. The minimum Gasteiger partial charge on any atom is -0.480 e. The van der Waals surface area contributed by atoms with Crippen LogP contribution in [0.15, 0.2) is 54.9 Å². The summed E-state index contributed by atoms with van der Waals surface area (Å²) in [6.45, 7) is 0.797. The smallest absolute Gasteiger partial charge is 0.320 e. The molecule has 4 nitrogen and oxygen atoms in total. The van der Waals surface area contributed by atoms with Crippen LogP contribution in [0.5, 0.6) is 0 Å². The lowest BCUT2D eigenvalue weighted by Crippen LogP contribution is -2.39. The van der Waals surface area contributed by atoms with Gasteiger partial charge in [0.2, 0.25) is 0 Å². The Balaban J connectivity index is 2.03. The molecule has 1 fully saturated rings. The zero-order chi connectivity index (χ0) is 14.7. The third-order valence-corrected chi connectivity index (χ3v) is 4.03. The molecule has 4 heteroatoms. The molecule has 2 heterocycles. The van der Waals surface area contributed by atoms with Gasteiger partial charge in [0, 0.05) is 18.9 Å². The van der Waals surface area contributed by atoms with E-state index < -0.39 is 12.0 Å². The van der Waals surface area contributed by atoms with Crippen LogP contribution in [0.4, 0.5) is 0 Å². The summed E-state index contributed by atoms with van der Waals surface area (Å²) in [4.78, 5) is 17.8. The molecular weight excluding hydrogens is 264 g/mol. The number of aromatic nitrogens is 1. The highest BCUT2D eigenvalue weighted by atomic mass is 16.4. The molecule has 0 aliphatic carbocycles. The fraction of sp³-hybridized carbons (Fsp3) is 0.294. The summed E-state index contributed by atoms with van der Waals surface area (Å²) in [5.41, 5.74) is 2.15. The van der Waals surface area contributed by atoms with Gasteiger partial charge in [-0.25, -0.2) is 0 Å². The lowest BCUT2D eigenvalue weighted by atomic mass is 9.97. The maximum atomic E-state index is 11.5. The van der Waals surface area contributed by atoms with Crippen molar-refractivity contribution in [1.82, 2.24) is 9.88 Å². The molecule has 0 saturated carbocycles. The number of nitrogens with zero attached hydrogens (tertiary/aromatic N) is 2. The van der Waals surface area contributed by atoms with E-state index in [0.717, 1.165) is 24.1 Å². The van der Waals surface area contributed by atoms with Crippen molar-refractivity contribution in [3.8, 4) is 0 Å². The molecule has 2 atom stereocenters. The first kappa shape index (κ1) is 13.8. The Hall–Kier alpha value is -2.20. The maximum Gasteiger partial charge on any atom is 0.320 e. The Morgan fingerprint density at radius 1 is 1.19 bits per heavy atom. The first-order valence-corrected chi connectivity index (χ1v) is 7.21. The Kier molecular flexibility index (Phi) is 3.97. The van der Waals surface area contributed by atoms with Crippen LogP contribution in [0.3, 0.4) is 0 Å². The second-order valence-electron chi connectivity index (χ2n) is 5.33. The van der Waals surface area contributed by atoms with Gasteiger partial charge in [0.25, 0.3) is 0 Å². The van der Waals surface area contributed by atoms with E-state index in [1.165, 1.54) is 0 Å². The number of hydrogen-bond donors (Lipinski definition) is 1. The Morgan fingerprint density at radius 3 is 2.62 bits per heavy atom. The SMILES string of the molecule is O=C(O)C1CCCN1C(c1ccccc1)c1cccnc1. The summed E-state index contributed by atoms with van der Waals surface area (Å²) in [6, 6.07) is 13.5. The van der Waals surface area contributed by atoms with Crippen molar-refractivity contribution in [2.75, 3.05) is 6.54 Å². The molecule has 21 heavy (non-hydrogen) atoms. The minimum atomic E-state index is -0.739. The quantitative estimate of drug-likeness (QED) is 0.937. The highest BCUT2D eigenvalue weighted by Crippen LogP contribution is 2.34. The van der Waals surface area contributed by atoms with Crippen LogP contribution in [0.25, 0.3) is 0 Å². The van der Waals surface area contributed by atoms with Crippen LogP contribution < -0.4 is 0 Å². The summed E-state index contributed by atoms with van der Waals surface area (Å²) in [6.07, 6.45) is 5.19. The minimum absolute atomic E-state index is 0.0523. The van der Waals surface area contributed by atoms with E-state index in [2.05, 4.69) is 22.0 Å². The Labute approximate surface area is 124 Å². The van der Waals surface area contributed by atoms with E-state index >= 15 is 0 Å². The van der Waals surface area contributed by atoms with Crippen LogP contribution in [-0.4, -0.2) is 33.5 Å². The fourth-order valence-electron chi connectivity index (χ4n) is 3.11. The number of carboxylic acid groups (broad SMARTS) is 1. The average Bonchev–Trinajstić information content (AvgIpc) is 2.99. The molecule has 108 valence electrons. The third kappa shape index (κ3) is 2.81. The highest BCUT2D eigenvalue weighted by molar-refractivity contribution is 5.74. The first-order valence-electron chi connectivity index (χ1n) is 7.21. The summed E-state index contributed by atoms with van der Waals surface area (Å²) < 4.78 is 0. The standard InChI is InChI=1S/C17H18N2O2/c20-17(21)15-9-5-11-19(15)16(13-6-2-1-3-7-13)14-8-4-10-18-12-14/h1-4,6-8,10,12,15-16H,5,9,11H2,(H,20,21). The van der Waals surface area contributed by atoms with Gasteiger partial charge >= 0.3 is 5.97 Å². The Bertz CT molecular complexity index is 561. The van der Waals surface area contributed by atoms with Gasteiger partial charge in [-0.1, -0.05) is 36.4 Å². The first-order chi connectivity index (χ1) is 10.3. The number of benzene rings is 1. The van der Waals surface area contributed by atoms with Gasteiger partial charge in [-0.15, -0.1) is 0 Å². The maximum absolute atomic E-state index is 11.5. The second kappa shape index (κ2) is 6.06. The summed E-state index contributed by atoms with van der Waals surface area (Å²) in [5.74, 6) is -0.739. The molecule has 3 rings (SSSR count). The Morgan fingerprint density at radius 2 is 1.95 bits per heavy atom. The number of carbonyl (C=O) groups is 1. The van der Waals surface area contributed by atoms with Gasteiger partial charge in [-0.3, -0.25) is 14.7 Å². The van der Waals surface area contributed by atoms with Crippen molar-refractivity contribution < 1.29 is 9.90 Å². The van der Waals surface area contributed by atoms with E-state index in [1.807, 2.05) is 36.5 Å². The monoisotopic (exact) mass is 282 g/mol. The van der Waals surface area contributed by atoms with Gasteiger partial charge in [0.1, 0.15) is 6.04 Å². The molecule has 1 aliphatic rings. The number of hydrogen-bond acceptors (Lipinski definition) is 3. The lowest BCUT2D eigenvalue weighted by Gasteiger charge is -2.31. The number of rotatable bonds is 4. The van der Waals surface area contributed by atoms with Crippen LogP contribution in [-0.2, 0) is 4.79 Å². The van der Waals surface area contributed by atoms with E-state index in [9.17, 15) is 9.90 Å². The molecule has 1 aromatic heterocycles. The molecule has 1 aromatic carbocycles. The van der Waals surface area contributed by atoms with Gasteiger partial charge in [0.05, 0.1) is 6.04 Å². The van der Waals surface area contributed by atoms with E-state index in [1.54, 1.807) is 6.20 Å². The van der Waals surface area contributed by atoms with Crippen LogP contribution in [0.1, 0.15) is 30.0 Å². The second-order valence-corrected chi connectivity index (χ2v) is 5.33. The molecule has 0 radical (unpaired) electrons. The molecule has 1 saturated heterocycles. The fourth-order valence-corrected chi connectivity index (χ4v) is 3.11. The van der Waals surface area contributed by atoms with E-state index in [0.29, 0.717) is 6.42 Å². The van der Waals surface area contributed by atoms with Gasteiger partial charge < -0.3 is 5.11 Å². The third-order valence-electron chi connectivity index (χ3n) is 4.03. The predicted molar refractivity (Wildman–Crippen MR) is 79.9 cm³/mol. The number of carboxylic acids is 1. The van der Waals surface area contributed by atoms with Crippen molar-refractivity contribution in [2.45, 2.75) is 24.9 Å². The molecule has 0 amide bonds. The summed E-state index contributed by atoms with van der Waals surface area (Å²) >= 11 is 0. The normalized spacial score (nSPS) is 20.3. The zero-order valence-electron chi connectivity index (χ0n) is 11.7. The molecule has 0 spiro atoms. The molecule has 2 aromatic rings. The van der Waals surface area contributed by atoms with Crippen LogP contribution >= 0.6 is 0 Å². The molecule has 2 unspecified atom stereocenters. The summed E-state index contributed by atoms with van der Waals surface area (Å²) in [7, 11) is 0. The molecular formula is C17H18N2O2. The van der Waals surface area contributed by atoms with Gasteiger partial charge in [-0.05, 0) is 30.0 Å². The molecule has 1 N–H and O–H groups in total. The number of likely N-dealkylation sites (tertiary alicyclic amines) is 1. The van der Waals surface area contributed by atoms with Crippen molar-refractivity contribution in [1.29, 1.82) is 0 Å². The van der Waals surface area contributed by atoms with E-state index in [4.69, 9.17) is 0 Å². The predicted octanol–water partition coefficient (Wildman–Crippen LogP) is 2.72.